The van der Waals surface area contributed by atoms with Crippen molar-refractivity contribution in [2.24, 2.45) is 4.99 Å². The quantitative estimate of drug-likeness (QED) is 0.516. The molecule has 1 fully saturated rings. The molecule has 0 saturated carbocycles. The first-order chi connectivity index (χ1) is 14.5. The summed E-state index contributed by atoms with van der Waals surface area (Å²) in [5, 5.41) is 6.82. The Morgan fingerprint density at radius 1 is 1.23 bits per heavy atom. The number of nitrogens with zero attached hydrogens (tertiary/aromatic N) is 3. The first-order valence-corrected chi connectivity index (χ1v) is 10.6. The van der Waals surface area contributed by atoms with Gasteiger partial charge in [0.25, 0.3) is 0 Å². The Labute approximate surface area is 179 Å². The highest BCUT2D eigenvalue weighted by Gasteiger charge is 2.23. The van der Waals surface area contributed by atoms with Crippen LogP contribution in [0.2, 0.25) is 0 Å². The molecular weight excluding hydrogens is 378 g/mol. The van der Waals surface area contributed by atoms with Crippen molar-refractivity contribution in [1.29, 1.82) is 0 Å². The van der Waals surface area contributed by atoms with E-state index in [4.69, 9.17) is 9.41 Å². The van der Waals surface area contributed by atoms with Crippen LogP contribution in [0.15, 0.2) is 52.1 Å². The van der Waals surface area contributed by atoms with Gasteiger partial charge < -0.3 is 20.0 Å². The number of benzene rings is 1. The van der Waals surface area contributed by atoms with Crippen LogP contribution in [0.1, 0.15) is 36.7 Å². The lowest BCUT2D eigenvalue weighted by Crippen LogP contribution is -2.51. The second-order valence-corrected chi connectivity index (χ2v) is 7.87. The van der Waals surface area contributed by atoms with Crippen LogP contribution in [0.5, 0.6) is 0 Å². The number of amides is 1. The van der Waals surface area contributed by atoms with Crippen molar-refractivity contribution < 1.29 is 9.21 Å². The van der Waals surface area contributed by atoms with Crippen LogP contribution >= 0.6 is 0 Å². The van der Waals surface area contributed by atoms with E-state index >= 15 is 0 Å². The molecule has 2 aromatic rings. The van der Waals surface area contributed by atoms with Gasteiger partial charge in [0.15, 0.2) is 5.96 Å². The molecule has 1 aliphatic heterocycles. The summed E-state index contributed by atoms with van der Waals surface area (Å²) in [7, 11) is 3.95. The van der Waals surface area contributed by atoms with Crippen LogP contribution in [0.4, 0.5) is 0 Å². The van der Waals surface area contributed by atoms with Gasteiger partial charge in [-0.2, -0.15) is 0 Å². The number of likely N-dealkylation sites (N-methyl/N-ethyl adjacent to an activating group) is 1. The van der Waals surface area contributed by atoms with Gasteiger partial charge in [0.1, 0.15) is 5.76 Å². The average Bonchev–Trinajstić information content (AvgIpc) is 3.23. The van der Waals surface area contributed by atoms with Crippen LogP contribution in [0, 0.1) is 0 Å². The van der Waals surface area contributed by atoms with Crippen molar-refractivity contribution >= 4 is 11.9 Å². The predicted octanol–water partition coefficient (Wildman–Crippen LogP) is 2.59. The highest BCUT2D eigenvalue weighted by molar-refractivity contribution is 5.81. The minimum atomic E-state index is 0.211. The third kappa shape index (κ3) is 6.35. The van der Waals surface area contributed by atoms with Crippen LogP contribution < -0.4 is 10.6 Å². The summed E-state index contributed by atoms with van der Waals surface area (Å²) in [6, 6.07) is 12.6. The number of rotatable bonds is 8. The molecule has 162 valence electrons. The number of aliphatic imine (C=N–C) groups is 1. The fourth-order valence-corrected chi connectivity index (χ4v) is 3.69. The molecule has 1 saturated heterocycles. The molecule has 0 bridgehead atoms. The molecule has 0 aliphatic carbocycles. The topological polar surface area (TPSA) is 73.1 Å². The Hall–Kier alpha value is -2.80. The monoisotopic (exact) mass is 411 g/mol. The van der Waals surface area contributed by atoms with Crippen molar-refractivity contribution in [2.75, 3.05) is 27.2 Å². The highest BCUT2D eigenvalue weighted by Crippen LogP contribution is 2.15. The van der Waals surface area contributed by atoms with Gasteiger partial charge in [0.2, 0.25) is 5.91 Å². The number of carbonyl (C=O) groups is 1. The van der Waals surface area contributed by atoms with Gasteiger partial charge in [-0.05, 0) is 43.7 Å². The van der Waals surface area contributed by atoms with E-state index in [1.807, 2.05) is 19.2 Å². The summed E-state index contributed by atoms with van der Waals surface area (Å²) in [5.74, 6) is 1.97. The molecule has 1 aliphatic rings. The molecule has 1 aromatic heterocycles. The van der Waals surface area contributed by atoms with Gasteiger partial charge in [0, 0.05) is 39.1 Å². The zero-order valence-electron chi connectivity index (χ0n) is 18.2. The van der Waals surface area contributed by atoms with Gasteiger partial charge >= 0.3 is 0 Å². The fourth-order valence-electron chi connectivity index (χ4n) is 3.69. The summed E-state index contributed by atoms with van der Waals surface area (Å²) in [5.41, 5.74) is 2.46. The van der Waals surface area contributed by atoms with E-state index < -0.39 is 0 Å². The third-order valence-corrected chi connectivity index (χ3v) is 5.28. The summed E-state index contributed by atoms with van der Waals surface area (Å²) < 4.78 is 5.46. The largest absolute Gasteiger partial charge is 0.468 e. The Morgan fingerprint density at radius 3 is 2.73 bits per heavy atom. The number of furan rings is 1. The Kier molecular flexibility index (Phi) is 7.90. The first kappa shape index (κ1) is 21.9. The second kappa shape index (κ2) is 10.8. The normalized spacial score (nSPS) is 17.5. The van der Waals surface area contributed by atoms with E-state index in [0.717, 1.165) is 37.8 Å². The van der Waals surface area contributed by atoms with E-state index in [1.54, 1.807) is 11.2 Å². The lowest BCUT2D eigenvalue weighted by Gasteiger charge is -2.31. The number of likely N-dealkylation sites (tertiary alicyclic amines) is 1. The number of hydrogen-bond donors (Lipinski definition) is 2. The van der Waals surface area contributed by atoms with E-state index in [-0.39, 0.29) is 11.9 Å². The SMILES string of the molecule is CCNC(=NCc1ccccc1CN(C)Cc1ccco1)NC1CCC(=O)N(C)C1. The van der Waals surface area contributed by atoms with Crippen molar-refractivity contribution in [2.45, 2.75) is 45.4 Å². The minimum absolute atomic E-state index is 0.211. The molecule has 2 heterocycles. The maximum atomic E-state index is 11.7. The predicted molar refractivity (Wildman–Crippen MR) is 119 cm³/mol. The smallest absolute Gasteiger partial charge is 0.222 e. The number of nitrogens with one attached hydrogen (secondary N) is 2. The molecule has 1 unspecified atom stereocenters. The lowest BCUT2D eigenvalue weighted by molar-refractivity contribution is -0.132. The molecule has 30 heavy (non-hydrogen) atoms. The molecular formula is C23H33N5O2. The second-order valence-electron chi connectivity index (χ2n) is 7.87. The van der Waals surface area contributed by atoms with E-state index in [1.165, 1.54) is 11.1 Å². The van der Waals surface area contributed by atoms with Crippen LogP contribution in [-0.4, -0.2) is 54.9 Å². The fraction of sp³-hybridized carbons (Fsp3) is 0.478. The van der Waals surface area contributed by atoms with E-state index in [2.05, 4.69) is 53.8 Å². The summed E-state index contributed by atoms with van der Waals surface area (Å²) in [4.78, 5) is 20.6. The van der Waals surface area contributed by atoms with Crippen molar-refractivity contribution in [3.05, 3.63) is 59.5 Å². The maximum absolute atomic E-state index is 11.7. The van der Waals surface area contributed by atoms with Crippen LogP contribution in [0.25, 0.3) is 0 Å². The molecule has 1 atom stereocenters. The summed E-state index contributed by atoms with van der Waals surface area (Å²) in [6.45, 7) is 5.75. The molecule has 7 nitrogen and oxygen atoms in total. The van der Waals surface area contributed by atoms with Gasteiger partial charge in [-0.3, -0.25) is 9.69 Å². The molecule has 2 N–H and O–H groups in total. The Morgan fingerprint density at radius 2 is 2.03 bits per heavy atom. The Bertz CT molecular complexity index is 834. The van der Waals surface area contributed by atoms with Gasteiger partial charge in [-0.1, -0.05) is 24.3 Å². The van der Waals surface area contributed by atoms with Gasteiger partial charge in [-0.15, -0.1) is 0 Å². The van der Waals surface area contributed by atoms with E-state index in [9.17, 15) is 4.79 Å². The number of piperidine rings is 1. The molecule has 0 spiro atoms. The summed E-state index contributed by atoms with van der Waals surface area (Å²) >= 11 is 0. The standard InChI is InChI=1S/C23H33N5O2/c1-4-24-23(26-20-11-12-22(29)28(3)16-20)25-14-18-8-5-6-9-19(18)15-27(2)17-21-10-7-13-30-21/h5-10,13,20H,4,11-12,14-17H2,1-3H3,(H2,24,25,26). The number of carbonyl (C=O) groups excluding carboxylic acids is 1. The zero-order chi connectivity index (χ0) is 21.3. The molecule has 3 rings (SSSR count). The molecule has 0 radical (unpaired) electrons. The number of guanidine groups is 1. The molecule has 7 heteroatoms. The maximum Gasteiger partial charge on any atom is 0.222 e. The van der Waals surface area contributed by atoms with Crippen LogP contribution in [-0.2, 0) is 24.4 Å². The van der Waals surface area contributed by atoms with Gasteiger partial charge in [0.05, 0.1) is 19.4 Å². The zero-order valence-corrected chi connectivity index (χ0v) is 18.2. The number of hydrogen-bond acceptors (Lipinski definition) is 4. The molecule has 1 amide bonds. The average molecular weight is 412 g/mol. The van der Waals surface area contributed by atoms with Crippen molar-refractivity contribution in [3.8, 4) is 0 Å². The van der Waals surface area contributed by atoms with E-state index in [0.29, 0.717) is 19.5 Å². The van der Waals surface area contributed by atoms with Gasteiger partial charge in [-0.25, -0.2) is 4.99 Å². The van der Waals surface area contributed by atoms with Crippen molar-refractivity contribution in [3.63, 3.8) is 0 Å². The minimum Gasteiger partial charge on any atom is -0.468 e. The Balaban J connectivity index is 1.63. The van der Waals surface area contributed by atoms with Crippen LogP contribution in [0.3, 0.4) is 0 Å². The first-order valence-electron chi connectivity index (χ1n) is 10.6. The van der Waals surface area contributed by atoms with Crippen molar-refractivity contribution in [1.82, 2.24) is 20.4 Å². The highest BCUT2D eigenvalue weighted by atomic mass is 16.3. The third-order valence-electron chi connectivity index (χ3n) is 5.28. The molecule has 1 aromatic carbocycles. The summed E-state index contributed by atoms with van der Waals surface area (Å²) in [6.07, 6.45) is 3.13. The lowest BCUT2D eigenvalue weighted by atomic mass is 10.1.